The summed E-state index contributed by atoms with van der Waals surface area (Å²) in [7, 11) is 0. The Morgan fingerprint density at radius 2 is 2.13 bits per heavy atom. The number of hydrogen-bond donors (Lipinski definition) is 2. The van der Waals surface area contributed by atoms with E-state index in [1.165, 1.54) is 12.1 Å². The topological polar surface area (TPSA) is 59.1 Å². The summed E-state index contributed by atoms with van der Waals surface area (Å²) in [6, 6.07) is 5.11. The minimum absolute atomic E-state index is 0.127. The van der Waals surface area contributed by atoms with Crippen LogP contribution in [0, 0.1) is 18.6 Å². The van der Waals surface area contributed by atoms with E-state index in [0.717, 1.165) is 31.2 Å². The Morgan fingerprint density at radius 3 is 2.87 bits per heavy atom. The zero-order valence-electron chi connectivity index (χ0n) is 12.8. The van der Waals surface area contributed by atoms with Crippen molar-refractivity contribution in [1.29, 1.82) is 0 Å². The highest BCUT2D eigenvalue weighted by Gasteiger charge is 2.15. The van der Waals surface area contributed by atoms with E-state index in [0.29, 0.717) is 12.4 Å². The van der Waals surface area contributed by atoms with Gasteiger partial charge in [-0.2, -0.15) is 4.98 Å². The number of rotatable bonds is 5. The van der Waals surface area contributed by atoms with Crippen LogP contribution in [-0.4, -0.2) is 29.2 Å². The van der Waals surface area contributed by atoms with Gasteiger partial charge < -0.3 is 15.4 Å². The van der Waals surface area contributed by atoms with Crippen LogP contribution in [0.1, 0.15) is 18.5 Å². The molecule has 2 heterocycles. The lowest BCUT2D eigenvalue weighted by atomic mass is 10.2. The first-order valence-corrected chi connectivity index (χ1v) is 7.53. The summed E-state index contributed by atoms with van der Waals surface area (Å²) in [5, 5.41) is 5.98. The first kappa shape index (κ1) is 15.6. The second-order valence-corrected chi connectivity index (χ2v) is 5.48. The molecule has 5 nitrogen and oxygen atoms in total. The molecule has 1 aromatic carbocycles. The maximum Gasteiger partial charge on any atom is 0.229 e. The average molecular weight is 320 g/mol. The summed E-state index contributed by atoms with van der Waals surface area (Å²) in [5.41, 5.74) is 0.863. The maximum atomic E-state index is 13.7. The molecule has 1 unspecified atom stereocenters. The number of halogens is 2. The Balaban J connectivity index is 1.71. The standard InChI is InChI=1S/C16H18F2N4O/c1-10-7-15(19-9-12-3-2-6-23-12)22-16(20-10)21-14-5-4-11(17)8-13(14)18/h4-5,7-8,12H,2-3,6,9H2,1H3,(H2,19,20,21,22). The van der Waals surface area contributed by atoms with Crippen molar-refractivity contribution >= 4 is 17.5 Å². The summed E-state index contributed by atoms with van der Waals surface area (Å²) < 4.78 is 32.2. The smallest absolute Gasteiger partial charge is 0.229 e. The van der Waals surface area contributed by atoms with Gasteiger partial charge in [0.1, 0.15) is 17.5 Å². The van der Waals surface area contributed by atoms with Crippen LogP contribution in [0.15, 0.2) is 24.3 Å². The average Bonchev–Trinajstić information content (AvgIpc) is 3.01. The van der Waals surface area contributed by atoms with Crippen LogP contribution in [0.4, 0.5) is 26.2 Å². The lowest BCUT2D eigenvalue weighted by molar-refractivity contribution is 0.120. The largest absolute Gasteiger partial charge is 0.376 e. The normalized spacial score (nSPS) is 17.3. The first-order valence-electron chi connectivity index (χ1n) is 7.53. The lowest BCUT2D eigenvalue weighted by Crippen LogP contribution is -2.19. The number of nitrogens with one attached hydrogen (secondary N) is 2. The van der Waals surface area contributed by atoms with Crippen molar-refractivity contribution in [3.8, 4) is 0 Å². The first-order chi connectivity index (χ1) is 11.1. The second-order valence-electron chi connectivity index (χ2n) is 5.48. The third-order valence-electron chi connectivity index (χ3n) is 3.57. The van der Waals surface area contributed by atoms with Gasteiger partial charge in [-0.3, -0.25) is 0 Å². The molecular formula is C16H18F2N4O. The molecule has 1 atom stereocenters. The lowest BCUT2D eigenvalue weighted by Gasteiger charge is -2.13. The highest BCUT2D eigenvalue weighted by molar-refractivity contribution is 5.56. The summed E-state index contributed by atoms with van der Waals surface area (Å²) >= 11 is 0. The molecule has 3 rings (SSSR count). The van der Waals surface area contributed by atoms with Crippen molar-refractivity contribution in [1.82, 2.24) is 9.97 Å². The van der Waals surface area contributed by atoms with Crippen LogP contribution in [0.5, 0.6) is 0 Å². The fraction of sp³-hybridized carbons (Fsp3) is 0.375. The van der Waals surface area contributed by atoms with Gasteiger partial charge in [0.15, 0.2) is 0 Å². The molecule has 7 heteroatoms. The van der Waals surface area contributed by atoms with Crippen LogP contribution >= 0.6 is 0 Å². The van der Waals surface area contributed by atoms with Gasteiger partial charge in [-0.1, -0.05) is 0 Å². The number of benzene rings is 1. The van der Waals surface area contributed by atoms with Crippen molar-refractivity contribution in [3.63, 3.8) is 0 Å². The van der Waals surface area contributed by atoms with E-state index in [2.05, 4.69) is 20.6 Å². The van der Waals surface area contributed by atoms with Crippen molar-refractivity contribution in [2.24, 2.45) is 0 Å². The minimum Gasteiger partial charge on any atom is -0.376 e. The molecule has 2 N–H and O–H groups in total. The zero-order valence-corrected chi connectivity index (χ0v) is 12.8. The Hall–Kier alpha value is -2.28. The van der Waals surface area contributed by atoms with E-state index in [1.54, 1.807) is 6.07 Å². The van der Waals surface area contributed by atoms with Gasteiger partial charge in [-0.25, -0.2) is 13.8 Å². The van der Waals surface area contributed by atoms with Crippen LogP contribution < -0.4 is 10.6 Å². The molecule has 0 spiro atoms. The van der Waals surface area contributed by atoms with Gasteiger partial charge in [0.05, 0.1) is 11.8 Å². The molecule has 122 valence electrons. The highest BCUT2D eigenvalue weighted by atomic mass is 19.1. The number of anilines is 3. The quantitative estimate of drug-likeness (QED) is 0.884. The molecular weight excluding hydrogens is 302 g/mol. The summed E-state index contributed by atoms with van der Waals surface area (Å²) in [4.78, 5) is 8.52. The highest BCUT2D eigenvalue weighted by Crippen LogP contribution is 2.20. The molecule has 0 radical (unpaired) electrons. The van der Waals surface area contributed by atoms with Crippen LogP contribution in [-0.2, 0) is 4.74 Å². The van der Waals surface area contributed by atoms with Gasteiger partial charge in [-0.15, -0.1) is 0 Å². The second kappa shape index (κ2) is 6.87. The Labute approximate surface area is 133 Å². The van der Waals surface area contributed by atoms with Crippen LogP contribution in [0.3, 0.4) is 0 Å². The van der Waals surface area contributed by atoms with Gasteiger partial charge in [-0.05, 0) is 31.9 Å². The third-order valence-corrected chi connectivity index (χ3v) is 3.57. The number of ether oxygens (including phenoxy) is 1. The fourth-order valence-electron chi connectivity index (χ4n) is 2.45. The predicted octanol–water partition coefficient (Wildman–Crippen LogP) is 3.40. The molecule has 1 fully saturated rings. The summed E-state index contributed by atoms with van der Waals surface area (Å²) in [6.07, 6.45) is 2.30. The minimum atomic E-state index is -0.691. The molecule has 1 saturated heterocycles. The fourth-order valence-corrected chi connectivity index (χ4v) is 2.45. The van der Waals surface area contributed by atoms with E-state index in [9.17, 15) is 8.78 Å². The van der Waals surface area contributed by atoms with E-state index in [4.69, 9.17) is 4.74 Å². The number of hydrogen-bond acceptors (Lipinski definition) is 5. The number of nitrogens with zero attached hydrogens (tertiary/aromatic N) is 2. The van der Waals surface area contributed by atoms with E-state index >= 15 is 0 Å². The molecule has 0 amide bonds. The van der Waals surface area contributed by atoms with E-state index in [-0.39, 0.29) is 17.7 Å². The van der Waals surface area contributed by atoms with Crippen molar-refractivity contribution in [2.45, 2.75) is 25.9 Å². The Morgan fingerprint density at radius 1 is 1.26 bits per heavy atom. The van der Waals surface area contributed by atoms with Crippen LogP contribution in [0.2, 0.25) is 0 Å². The molecule has 1 aliphatic rings. The zero-order chi connectivity index (χ0) is 16.2. The summed E-state index contributed by atoms with van der Waals surface area (Å²) in [6.45, 7) is 3.29. The van der Waals surface area contributed by atoms with Crippen molar-refractivity contribution in [3.05, 3.63) is 41.6 Å². The molecule has 0 saturated carbocycles. The van der Waals surface area contributed by atoms with Gasteiger partial charge in [0.25, 0.3) is 0 Å². The number of aromatic nitrogens is 2. The van der Waals surface area contributed by atoms with Gasteiger partial charge >= 0.3 is 0 Å². The number of aryl methyl sites for hydroxylation is 1. The molecule has 0 bridgehead atoms. The van der Waals surface area contributed by atoms with Crippen LogP contribution in [0.25, 0.3) is 0 Å². The van der Waals surface area contributed by atoms with Crippen molar-refractivity contribution < 1.29 is 13.5 Å². The predicted molar refractivity (Wildman–Crippen MR) is 83.9 cm³/mol. The summed E-state index contributed by atoms with van der Waals surface area (Å²) in [5.74, 6) is -0.426. The van der Waals surface area contributed by atoms with Gasteiger partial charge in [0.2, 0.25) is 5.95 Å². The maximum absolute atomic E-state index is 13.7. The SMILES string of the molecule is Cc1cc(NCC2CCCO2)nc(Nc2ccc(F)cc2F)n1. The monoisotopic (exact) mass is 320 g/mol. The molecule has 1 aliphatic heterocycles. The Bertz CT molecular complexity index is 690. The molecule has 2 aromatic rings. The molecule has 0 aliphatic carbocycles. The molecule has 23 heavy (non-hydrogen) atoms. The third kappa shape index (κ3) is 4.13. The van der Waals surface area contributed by atoms with Crippen molar-refractivity contribution in [2.75, 3.05) is 23.8 Å². The van der Waals surface area contributed by atoms with E-state index in [1.807, 2.05) is 6.92 Å². The Kier molecular flexibility index (Phi) is 4.66. The van der Waals surface area contributed by atoms with E-state index < -0.39 is 11.6 Å². The molecule has 1 aromatic heterocycles. The van der Waals surface area contributed by atoms with Gasteiger partial charge in [0, 0.05) is 31.0 Å².